The summed E-state index contributed by atoms with van der Waals surface area (Å²) < 4.78 is 0.438. The topological polar surface area (TPSA) is 24.9 Å². The van der Waals surface area contributed by atoms with E-state index in [2.05, 4.69) is 49.8 Å². The van der Waals surface area contributed by atoms with Crippen LogP contribution in [0.1, 0.15) is 48.3 Å². The van der Waals surface area contributed by atoms with Crippen LogP contribution in [0.5, 0.6) is 0 Å². The molecular formula is C13H22N2S2. The van der Waals surface area contributed by atoms with Gasteiger partial charge >= 0.3 is 0 Å². The third kappa shape index (κ3) is 3.24. The van der Waals surface area contributed by atoms with E-state index >= 15 is 0 Å². The highest BCUT2D eigenvalue weighted by Gasteiger charge is 2.29. The van der Waals surface area contributed by atoms with Crippen molar-refractivity contribution < 1.29 is 0 Å². The lowest BCUT2D eigenvalue weighted by molar-refractivity contribution is 0.484. The van der Waals surface area contributed by atoms with Gasteiger partial charge in [0.1, 0.15) is 0 Å². The van der Waals surface area contributed by atoms with Crippen molar-refractivity contribution in [3.8, 4) is 0 Å². The van der Waals surface area contributed by atoms with E-state index < -0.39 is 0 Å². The second-order valence-corrected chi connectivity index (χ2v) is 8.27. The van der Waals surface area contributed by atoms with E-state index in [4.69, 9.17) is 0 Å². The summed E-state index contributed by atoms with van der Waals surface area (Å²) in [5.74, 6) is 1.32. The van der Waals surface area contributed by atoms with Crippen LogP contribution in [0.25, 0.3) is 0 Å². The summed E-state index contributed by atoms with van der Waals surface area (Å²) in [4.78, 5) is 5.98. The number of thiazole rings is 1. The molecule has 2 unspecified atom stereocenters. The van der Waals surface area contributed by atoms with Crippen molar-refractivity contribution in [1.29, 1.82) is 0 Å². The highest BCUT2D eigenvalue weighted by molar-refractivity contribution is 8.00. The van der Waals surface area contributed by atoms with Gasteiger partial charge in [0.2, 0.25) is 0 Å². The molecule has 0 radical (unpaired) electrons. The summed E-state index contributed by atoms with van der Waals surface area (Å²) >= 11 is 3.91. The van der Waals surface area contributed by atoms with Crippen LogP contribution < -0.4 is 5.32 Å². The number of nitrogens with one attached hydrogen (secondary N) is 1. The van der Waals surface area contributed by atoms with Crippen LogP contribution in [-0.2, 0) is 0 Å². The predicted molar refractivity (Wildman–Crippen MR) is 78.1 cm³/mol. The first-order valence-electron chi connectivity index (χ1n) is 6.31. The van der Waals surface area contributed by atoms with Crippen LogP contribution >= 0.6 is 23.1 Å². The van der Waals surface area contributed by atoms with Gasteiger partial charge in [-0.3, -0.25) is 0 Å². The van der Waals surface area contributed by atoms with E-state index in [0.717, 1.165) is 6.54 Å². The molecule has 0 spiro atoms. The number of aromatic nitrogens is 1. The monoisotopic (exact) mass is 270 g/mol. The minimum absolute atomic E-state index is 0.373. The minimum atomic E-state index is 0.373. The van der Waals surface area contributed by atoms with Gasteiger partial charge in [-0.05, 0) is 46.3 Å². The van der Waals surface area contributed by atoms with E-state index in [-0.39, 0.29) is 0 Å². The predicted octanol–water partition coefficient (Wildman–Crippen LogP) is 3.70. The number of aryl methyl sites for hydroxylation is 2. The van der Waals surface area contributed by atoms with Gasteiger partial charge in [-0.15, -0.1) is 11.3 Å². The molecule has 0 aliphatic carbocycles. The SMILES string of the molecule is Cc1nc(C(C)NCC2(C)CCCS2)c(C)s1. The number of rotatable bonds is 4. The maximum atomic E-state index is 4.63. The van der Waals surface area contributed by atoms with Crippen molar-refractivity contribution >= 4 is 23.1 Å². The van der Waals surface area contributed by atoms with Crippen molar-refractivity contribution in [3.63, 3.8) is 0 Å². The number of nitrogens with zero attached hydrogens (tertiary/aromatic N) is 1. The van der Waals surface area contributed by atoms with E-state index in [1.807, 2.05) is 0 Å². The number of thioether (sulfide) groups is 1. The Morgan fingerprint density at radius 2 is 2.24 bits per heavy atom. The van der Waals surface area contributed by atoms with Crippen molar-refractivity contribution in [2.45, 2.75) is 51.3 Å². The quantitative estimate of drug-likeness (QED) is 0.903. The summed E-state index contributed by atoms with van der Waals surface area (Å²) in [6.07, 6.45) is 2.71. The first-order chi connectivity index (χ1) is 8.00. The van der Waals surface area contributed by atoms with Gasteiger partial charge in [-0.1, -0.05) is 0 Å². The normalized spacial score (nSPS) is 26.4. The Balaban J connectivity index is 1.93. The van der Waals surface area contributed by atoms with E-state index in [1.54, 1.807) is 11.3 Å². The Hall–Kier alpha value is -0.0600. The average molecular weight is 270 g/mol. The maximum absolute atomic E-state index is 4.63. The van der Waals surface area contributed by atoms with Crippen molar-refractivity contribution in [2.24, 2.45) is 0 Å². The fourth-order valence-corrected chi connectivity index (χ4v) is 4.56. The summed E-state index contributed by atoms with van der Waals surface area (Å²) in [7, 11) is 0. The Kier molecular flexibility index (Phi) is 4.16. The molecular weight excluding hydrogens is 248 g/mol. The molecule has 0 aromatic carbocycles. The average Bonchev–Trinajstić information content (AvgIpc) is 2.83. The Labute approximate surface area is 113 Å². The first-order valence-corrected chi connectivity index (χ1v) is 8.12. The molecule has 1 saturated heterocycles. The zero-order valence-corrected chi connectivity index (χ0v) is 12.8. The van der Waals surface area contributed by atoms with Gasteiger partial charge in [0.15, 0.2) is 0 Å². The molecule has 4 heteroatoms. The molecule has 0 bridgehead atoms. The van der Waals surface area contributed by atoms with Crippen LogP contribution in [0.4, 0.5) is 0 Å². The molecule has 2 nitrogen and oxygen atoms in total. The molecule has 1 fully saturated rings. The molecule has 2 rings (SSSR count). The van der Waals surface area contributed by atoms with Crippen LogP contribution in [0.2, 0.25) is 0 Å². The van der Waals surface area contributed by atoms with E-state index in [1.165, 1.54) is 34.2 Å². The van der Waals surface area contributed by atoms with E-state index in [9.17, 15) is 0 Å². The zero-order chi connectivity index (χ0) is 12.5. The van der Waals surface area contributed by atoms with Crippen molar-refractivity contribution in [1.82, 2.24) is 10.3 Å². The standard InChI is InChI=1S/C13H22N2S2/c1-9(12-10(2)17-11(3)15-12)14-8-13(4)6-5-7-16-13/h9,14H,5-8H2,1-4H3. The molecule has 2 heterocycles. The fraction of sp³-hybridized carbons (Fsp3) is 0.769. The van der Waals surface area contributed by atoms with Crippen LogP contribution in [0.15, 0.2) is 0 Å². The lowest BCUT2D eigenvalue weighted by Crippen LogP contribution is -2.34. The summed E-state index contributed by atoms with van der Waals surface area (Å²) in [5.41, 5.74) is 1.24. The highest BCUT2D eigenvalue weighted by Crippen LogP contribution is 2.37. The van der Waals surface area contributed by atoms with Gasteiger partial charge < -0.3 is 5.32 Å². The summed E-state index contributed by atoms with van der Waals surface area (Å²) in [6, 6.07) is 0.373. The third-order valence-electron chi connectivity index (χ3n) is 3.43. The van der Waals surface area contributed by atoms with Crippen molar-refractivity contribution in [3.05, 3.63) is 15.6 Å². The van der Waals surface area contributed by atoms with Gasteiger partial charge in [-0.25, -0.2) is 4.98 Å². The Morgan fingerprint density at radius 1 is 1.47 bits per heavy atom. The molecule has 0 amide bonds. The Morgan fingerprint density at radius 3 is 2.76 bits per heavy atom. The molecule has 1 aromatic rings. The molecule has 1 aromatic heterocycles. The largest absolute Gasteiger partial charge is 0.307 e. The second kappa shape index (κ2) is 5.29. The maximum Gasteiger partial charge on any atom is 0.0900 e. The number of hydrogen-bond acceptors (Lipinski definition) is 4. The molecule has 1 aliphatic rings. The van der Waals surface area contributed by atoms with Crippen LogP contribution in [-0.4, -0.2) is 22.0 Å². The highest BCUT2D eigenvalue weighted by atomic mass is 32.2. The van der Waals surface area contributed by atoms with Gasteiger partial charge in [-0.2, -0.15) is 11.8 Å². The minimum Gasteiger partial charge on any atom is -0.307 e. The number of hydrogen-bond donors (Lipinski definition) is 1. The fourth-order valence-electron chi connectivity index (χ4n) is 2.39. The lowest BCUT2D eigenvalue weighted by atomic mass is 10.1. The summed E-state index contributed by atoms with van der Waals surface area (Å²) in [5, 5.41) is 4.83. The molecule has 96 valence electrons. The van der Waals surface area contributed by atoms with Crippen LogP contribution in [0, 0.1) is 13.8 Å². The zero-order valence-electron chi connectivity index (χ0n) is 11.2. The third-order valence-corrected chi connectivity index (χ3v) is 5.87. The van der Waals surface area contributed by atoms with Gasteiger partial charge in [0, 0.05) is 22.2 Å². The summed E-state index contributed by atoms with van der Waals surface area (Å²) in [6.45, 7) is 9.95. The molecule has 1 N–H and O–H groups in total. The first kappa shape index (κ1) is 13.4. The molecule has 1 aliphatic heterocycles. The molecule has 0 saturated carbocycles. The smallest absolute Gasteiger partial charge is 0.0900 e. The lowest BCUT2D eigenvalue weighted by Gasteiger charge is -2.25. The van der Waals surface area contributed by atoms with E-state index in [0.29, 0.717) is 10.8 Å². The van der Waals surface area contributed by atoms with Crippen LogP contribution in [0.3, 0.4) is 0 Å². The Bertz CT molecular complexity index is 381. The van der Waals surface area contributed by atoms with Gasteiger partial charge in [0.25, 0.3) is 0 Å². The van der Waals surface area contributed by atoms with Crippen molar-refractivity contribution in [2.75, 3.05) is 12.3 Å². The molecule has 17 heavy (non-hydrogen) atoms. The molecule has 2 atom stereocenters. The second-order valence-electron chi connectivity index (χ2n) is 5.18. The van der Waals surface area contributed by atoms with Gasteiger partial charge in [0.05, 0.1) is 10.7 Å².